The fourth-order valence-corrected chi connectivity index (χ4v) is 3.13. The van der Waals surface area contributed by atoms with Gasteiger partial charge < -0.3 is 10.2 Å². The molecule has 0 aliphatic heterocycles. The van der Waals surface area contributed by atoms with Crippen LogP contribution < -0.4 is 5.32 Å². The molecular formula is C20H19ClFN3O. The van der Waals surface area contributed by atoms with Gasteiger partial charge in [-0.25, -0.2) is 9.37 Å². The topological polar surface area (TPSA) is 45.2 Å². The predicted molar refractivity (Wildman–Crippen MR) is 102 cm³/mol. The highest BCUT2D eigenvalue weighted by Crippen LogP contribution is 2.22. The molecule has 3 aromatic rings. The zero-order valence-electron chi connectivity index (χ0n) is 14.5. The molecule has 1 N–H and O–H groups in total. The van der Waals surface area contributed by atoms with E-state index in [-0.39, 0.29) is 22.9 Å². The Balaban J connectivity index is 1.83. The highest BCUT2D eigenvalue weighted by molar-refractivity contribution is 6.30. The van der Waals surface area contributed by atoms with E-state index >= 15 is 0 Å². The van der Waals surface area contributed by atoms with Crippen LogP contribution in [0.1, 0.15) is 22.0 Å². The standard InChI is InChI=1S/C20H19ClFN3O/c1-25(2)18(13-6-5-7-14(22)10-13)12-23-20(26)16-11-19(21)24-17-9-4-3-8-15(16)17/h3-11,18H,12H2,1-2H3,(H,23,26)/t18-/m1/s1. The summed E-state index contributed by atoms with van der Waals surface area (Å²) < 4.78 is 13.5. The van der Waals surface area contributed by atoms with Crippen molar-refractivity contribution >= 4 is 28.4 Å². The third-order valence-corrected chi connectivity index (χ3v) is 4.44. The Bertz CT molecular complexity index is 945. The van der Waals surface area contributed by atoms with E-state index in [2.05, 4.69) is 10.3 Å². The van der Waals surface area contributed by atoms with Gasteiger partial charge in [-0.2, -0.15) is 0 Å². The Hall–Kier alpha value is -2.50. The molecule has 2 aromatic carbocycles. The van der Waals surface area contributed by atoms with E-state index < -0.39 is 0 Å². The maximum Gasteiger partial charge on any atom is 0.252 e. The number of para-hydroxylation sites is 1. The molecule has 0 bridgehead atoms. The number of benzene rings is 2. The van der Waals surface area contributed by atoms with Gasteiger partial charge in [0, 0.05) is 11.9 Å². The second kappa shape index (κ2) is 7.81. The normalized spacial score (nSPS) is 12.3. The van der Waals surface area contributed by atoms with Gasteiger partial charge in [-0.3, -0.25) is 4.79 Å². The van der Waals surface area contributed by atoms with E-state index in [0.717, 1.165) is 10.9 Å². The number of likely N-dealkylation sites (N-methyl/N-ethyl adjacent to an activating group) is 1. The number of hydrogen-bond donors (Lipinski definition) is 1. The van der Waals surface area contributed by atoms with Gasteiger partial charge in [0.15, 0.2) is 0 Å². The quantitative estimate of drug-likeness (QED) is 0.688. The van der Waals surface area contributed by atoms with Crippen LogP contribution in [0.2, 0.25) is 5.15 Å². The third-order valence-electron chi connectivity index (χ3n) is 4.24. The Labute approximate surface area is 156 Å². The first-order valence-corrected chi connectivity index (χ1v) is 8.59. The lowest BCUT2D eigenvalue weighted by molar-refractivity contribution is 0.0943. The van der Waals surface area contributed by atoms with Crippen molar-refractivity contribution < 1.29 is 9.18 Å². The van der Waals surface area contributed by atoms with E-state index in [1.54, 1.807) is 12.1 Å². The number of rotatable bonds is 5. The lowest BCUT2D eigenvalue weighted by atomic mass is 10.0. The second-order valence-corrected chi connectivity index (χ2v) is 6.64. The zero-order chi connectivity index (χ0) is 18.7. The largest absolute Gasteiger partial charge is 0.350 e. The number of nitrogens with zero attached hydrogens (tertiary/aromatic N) is 2. The Morgan fingerprint density at radius 3 is 2.69 bits per heavy atom. The van der Waals surface area contributed by atoms with Gasteiger partial charge in [-0.15, -0.1) is 0 Å². The molecule has 134 valence electrons. The van der Waals surface area contributed by atoms with Crippen LogP contribution in [0.3, 0.4) is 0 Å². The molecule has 0 saturated carbocycles. The number of hydrogen-bond acceptors (Lipinski definition) is 3. The van der Waals surface area contributed by atoms with E-state index in [1.165, 1.54) is 12.1 Å². The second-order valence-electron chi connectivity index (χ2n) is 6.25. The molecule has 0 aliphatic rings. The molecule has 4 nitrogen and oxygen atoms in total. The maximum atomic E-state index is 13.5. The Morgan fingerprint density at radius 2 is 1.96 bits per heavy atom. The van der Waals surface area contributed by atoms with E-state index in [0.29, 0.717) is 17.6 Å². The number of amides is 1. The number of fused-ring (bicyclic) bond motifs is 1. The van der Waals surface area contributed by atoms with Gasteiger partial charge in [0.25, 0.3) is 5.91 Å². The number of carbonyl (C=O) groups excluding carboxylic acids is 1. The molecule has 0 fully saturated rings. The summed E-state index contributed by atoms with van der Waals surface area (Å²) in [4.78, 5) is 18.9. The Morgan fingerprint density at radius 1 is 1.19 bits per heavy atom. The van der Waals surface area contributed by atoms with Crippen LogP contribution in [-0.2, 0) is 0 Å². The van der Waals surface area contributed by atoms with E-state index in [9.17, 15) is 9.18 Å². The summed E-state index contributed by atoms with van der Waals surface area (Å²) in [6, 6.07) is 15.2. The minimum Gasteiger partial charge on any atom is -0.350 e. The molecule has 0 radical (unpaired) electrons. The van der Waals surface area contributed by atoms with E-state index in [4.69, 9.17) is 11.6 Å². The number of pyridine rings is 1. The van der Waals surface area contributed by atoms with Crippen molar-refractivity contribution in [1.29, 1.82) is 0 Å². The molecule has 3 rings (SSSR count). The van der Waals surface area contributed by atoms with Crippen molar-refractivity contribution in [3.05, 3.63) is 76.7 Å². The molecule has 0 aliphatic carbocycles. The molecule has 26 heavy (non-hydrogen) atoms. The van der Waals surface area contributed by atoms with Crippen molar-refractivity contribution in [2.24, 2.45) is 0 Å². The molecule has 1 heterocycles. The zero-order valence-corrected chi connectivity index (χ0v) is 15.3. The van der Waals surface area contributed by atoms with Crippen LogP contribution in [-0.4, -0.2) is 36.4 Å². The predicted octanol–water partition coefficient (Wildman–Crippen LogP) is 4.06. The van der Waals surface area contributed by atoms with Crippen molar-refractivity contribution in [3.8, 4) is 0 Å². The van der Waals surface area contributed by atoms with Crippen molar-refractivity contribution in [2.75, 3.05) is 20.6 Å². The first kappa shape index (κ1) is 18.3. The highest BCUT2D eigenvalue weighted by atomic mass is 35.5. The lowest BCUT2D eigenvalue weighted by Gasteiger charge is -2.25. The minimum absolute atomic E-state index is 0.154. The lowest BCUT2D eigenvalue weighted by Crippen LogP contribution is -2.34. The van der Waals surface area contributed by atoms with Gasteiger partial charge in [0.1, 0.15) is 11.0 Å². The van der Waals surface area contributed by atoms with Crippen LogP contribution in [0.25, 0.3) is 10.9 Å². The summed E-state index contributed by atoms with van der Waals surface area (Å²) in [5.74, 6) is -0.540. The van der Waals surface area contributed by atoms with Gasteiger partial charge in [0.2, 0.25) is 0 Å². The molecule has 1 atom stereocenters. The van der Waals surface area contributed by atoms with Crippen LogP contribution in [0, 0.1) is 5.82 Å². The summed E-state index contributed by atoms with van der Waals surface area (Å²) in [5, 5.41) is 3.93. The van der Waals surface area contributed by atoms with Gasteiger partial charge in [-0.1, -0.05) is 41.9 Å². The van der Waals surface area contributed by atoms with E-state index in [1.807, 2.05) is 49.3 Å². The summed E-state index contributed by atoms with van der Waals surface area (Å²) in [6.07, 6.45) is 0. The van der Waals surface area contributed by atoms with Gasteiger partial charge in [-0.05, 0) is 43.9 Å². The Kier molecular flexibility index (Phi) is 5.49. The third kappa shape index (κ3) is 4.00. The minimum atomic E-state index is -0.299. The average Bonchev–Trinajstić information content (AvgIpc) is 2.60. The first-order valence-electron chi connectivity index (χ1n) is 8.21. The average molecular weight is 372 g/mol. The molecule has 0 spiro atoms. The van der Waals surface area contributed by atoms with Crippen molar-refractivity contribution in [1.82, 2.24) is 15.2 Å². The van der Waals surface area contributed by atoms with Crippen molar-refractivity contribution in [2.45, 2.75) is 6.04 Å². The molecule has 6 heteroatoms. The first-order chi connectivity index (χ1) is 12.5. The molecule has 0 unspecified atom stereocenters. The molecule has 1 aromatic heterocycles. The van der Waals surface area contributed by atoms with Crippen LogP contribution in [0.5, 0.6) is 0 Å². The maximum absolute atomic E-state index is 13.5. The molecule has 1 amide bonds. The van der Waals surface area contributed by atoms with Gasteiger partial charge >= 0.3 is 0 Å². The summed E-state index contributed by atoms with van der Waals surface area (Å²) >= 11 is 6.05. The number of aromatic nitrogens is 1. The van der Waals surface area contributed by atoms with Crippen molar-refractivity contribution in [3.63, 3.8) is 0 Å². The highest BCUT2D eigenvalue weighted by Gasteiger charge is 2.18. The van der Waals surface area contributed by atoms with Crippen LogP contribution >= 0.6 is 11.6 Å². The molecular weight excluding hydrogens is 353 g/mol. The number of carbonyl (C=O) groups is 1. The summed E-state index contributed by atoms with van der Waals surface area (Å²) in [7, 11) is 3.78. The van der Waals surface area contributed by atoms with Gasteiger partial charge in [0.05, 0.1) is 17.1 Å². The fraction of sp³-hybridized carbons (Fsp3) is 0.200. The fourth-order valence-electron chi connectivity index (χ4n) is 2.93. The summed E-state index contributed by atoms with van der Waals surface area (Å²) in [5.41, 5.74) is 1.93. The summed E-state index contributed by atoms with van der Waals surface area (Å²) in [6.45, 7) is 0.337. The monoisotopic (exact) mass is 371 g/mol. The number of halogens is 2. The smallest absolute Gasteiger partial charge is 0.252 e. The molecule has 0 saturated heterocycles. The van der Waals surface area contributed by atoms with Crippen LogP contribution in [0.4, 0.5) is 4.39 Å². The van der Waals surface area contributed by atoms with Crippen LogP contribution in [0.15, 0.2) is 54.6 Å². The SMILES string of the molecule is CN(C)[C@H](CNC(=O)c1cc(Cl)nc2ccccc12)c1cccc(F)c1. The number of nitrogens with one attached hydrogen (secondary N) is 1.